The van der Waals surface area contributed by atoms with E-state index in [-0.39, 0.29) is 42.7 Å². The molecule has 0 bridgehead atoms. The molecular weight excluding hydrogens is 300 g/mol. The van der Waals surface area contributed by atoms with E-state index < -0.39 is 18.0 Å². The number of β-lactam (4-membered cyclic amide) rings is 1. The topological polar surface area (TPSA) is 111 Å². The molecule has 2 aliphatic heterocycles. The van der Waals surface area contributed by atoms with Crippen LogP contribution in [0, 0.1) is 23.2 Å². The predicted octanol–water partition coefficient (Wildman–Crippen LogP) is 0.645. The number of hydrogen-bond donors (Lipinski definition) is 2. The minimum Gasteiger partial charge on any atom is -0.477 e. The van der Waals surface area contributed by atoms with Gasteiger partial charge in [0.1, 0.15) is 5.70 Å². The van der Waals surface area contributed by atoms with E-state index in [0.717, 1.165) is 12.8 Å². The van der Waals surface area contributed by atoms with Crippen LogP contribution in [0.3, 0.4) is 0 Å². The quantitative estimate of drug-likeness (QED) is 0.568. The van der Waals surface area contributed by atoms with Crippen molar-refractivity contribution in [1.82, 2.24) is 4.90 Å². The summed E-state index contributed by atoms with van der Waals surface area (Å²) < 4.78 is 5.73. The molecule has 1 amide bonds. The van der Waals surface area contributed by atoms with Crippen molar-refractivity contribution in [2.75, 3.05) is 6.61 Å². The smallest absolute Gasteiger partial charge is 0.352 e. The summed E-state index contributed by atoms with van der Waals surface area (Å²) in [5.74, 6) is -2.05. The molecule has 0 unspecified atom stereocenters. The van der Waals surface area contributed by atoms with E-state index in [4.69, 9.17) is 10.00 Å². The van der Waals surface area contributed by atoms with Gasteiger partial charge in [-0.25, -0.2) is 4.79 Å². The Bertz CT molecular complexity index is 606. The number of rotatable bonds is 5. The lowest BCUT2D eigenvalue weighted by atomic mass is 9.71. The standard InChI is InChI=1S/C16H20N2O5/c1-8(19)11-13-9-4-2-5-10(23-7-3-6-17)12(9)14(16(21)22)18(13)15(11)20/h8-11,13,19H,2-5,7H2,1H3,(H,21,22)/t8-,9+,10+,11-,13-/m1/s1. The molecule has 7 heteroatoms. The monoisotopic (exact) mass is 320 g/mol. The lowest BCUT2D eigenvalue weighted by molar-refractivity contribution is -0.163. The van der Waals surface area contributed by atoms with Crippen LogP contribution in [0.5, 0.6) is 0 Å². The van der Waals surface area contributed by atoms with Gasteiger partial charge in [0.05, 0.1) is 43.3 Å². The van der Waals surface area contributed by atoms with Crippen LogP contribution in [-0.4, -0.2) is 51.8 Å². The summed E-state index contributed by atoms with van der Waals surface area (Å²) in [4.78, 5) is 25.4. The third-order valence-corrected chi connectivity index (χ3v) is 5.10. The Labute approximate surface area is 134 Å². The fourth-order valence-electron chi connectivity index (χ4n) is 4.25. The minimum atomic E-state index is -1.12. The van der Waals surface area contributed by atoms with Gasteiger partial charge in [-0.05, 0) is 31.8 Å². The van der Waals surface area contributed by atoms with E-state index in [1.54, 1.807) is 6.92 Å². The molecule has 0 spiro atoms. The molecule has 3 aliphatic rings. The average molecular weight is 320 g/mol. The van der Waals surface area contributed by atoms with Gasteiger partial charge in [0.25, 0.3) is 0 Å². The van der Waals surface area contributed by atoms with Gasteiger partial charge in [0, 0.05) is 5.92 Å². The van der Waals surface area contributed by atoms with E-state index in [2.05, 4.69) is 0 Å². The summed E-state index contributed by atoms with van der Waals surface area (Å²) in [6.45, 7) is 1.82. The second-order valence-corrected chi connectivity index (χ2v) is 6.38. The molecule has 2 N–H and O–H groups in total. The summed E-state index contributed by atoms with van der Waals surface area (Å²) in [6.07, 6.45) is 1.46. The molecular formula is C16H20N2O5. The van der Waals surface area contributed by atoms with E-state index in [1.165, 1.54) is 4.90 Å². The molecule has 3 rings (SSSR count). The molecule has 124 valence electrons. The van der Waals surface area contributed by atoms with Gasteiger partial charge in [-0.15, -0.1) is 0 Å². The highest BCUT2D eigenvalue weighted by atomic mass is 16.5. The number of carboxylic acid groups (broad SMARTS) is 1. The molecule has 0 aromatic carbocycles. The van der Waals surface area contributed by atoms with Crippen LogP contribution in [-0.2, 0) is 14.3 Å². The van der Waals surface area contributed by atoms with E-state index in [0.29, 0.717) is 12.0 Å². The van der Waals surface area contributed by atoms with Gasteiger partial charge in [-0.3, -0.25) is 4.79 Å². The summed E-state index contributed by atoms with van der Waals surface area (Å²) in [5.41, 5.74) is 0.701. The molecule has 5 atom stereocenters. The largest absolute Gasteiger partial charge is 0.477 e. The average Bonchev–Trinajstić information content (AvgIpc) is 2.79. The van der Waals surface area contributed by atoms with Crippen molar-refractivity contribution >= 4 is 11.9 Å². The first-order valence-corrected chi connectivity index (χ1v) is 7.96. The molecule has 2 fully saturated rings. The first-order valence-electron chi connectivity index (χ1n) is 7.96. The van der Waals surface area contributed by atoms with E-state index in [9.17, 15) is 19.8 Å². The van der Waals surface area contributed by atoms with E-state index in [1.807, 2.05) is 6.07 Å². The second kappa shape index (κ2) is 5.95. The van der Waals surface area contributed by atoms with E-state index >= 15 is 0 Å². The van der Waals surface area contributed by atoms with Crippen molar-refractivity contribution in [3.05, 3.63) is 11.3 Å². The highest BCUT2D eigenvalue weighted by Crippen LogP contribution is 2.52. The van der Waals surface area contributed by atoms with Crippen LogP contribution in [0.2, 0.25) is 0 Å². The first-order chi connectivity index (χ1) is 11.0. The van der Waals surface area contributed by atoms with Crippen molar-refractivity contribution in [3.8, 4) is 6.07 Å². The highest BCUT2D eigenvalue weighted by Gasteiger charge is 2.62. The number of aliphatic hydroxyl groups is 1. The van der Waals surface area contributed by atoms with Crippen LogP contribution >= 0.6 is 0 Å². The Balaban J connectivity index is 1.93. The molecule has 2 heterocycles. The molecule has 1 saturated heterocycles. The number of carbonyl (C=O) groups is 2. The number of fused-ring (bicyclic) bond motifs is 3. The molecule has 1 aliphatic carbocycles. The number of aliphatic hydroxyl groups excluding tert-OH is 1. The van der Waals surface area contributed by atoms with Crippen LogP contribution in [0.4, 0.5) is 0 Å². The zero-order valence-corrected chi connectivity index (χ0v) is 12.9. The maximum Gasteiger partial charge on any atom is 0.352 e. The Kier molecular flexibility index (Phi) is 4.13. The number of carbonyl (C=O) groups excluding carboxylic acids is 1. The van der Waals surface area contributed by atoms with Crippen molar-refractivity contribution in [1.29, 1.82) is 5.26 Å². The highest BCUT2D eigenvalue weighted by molar-refractivity contribution is 6.00. The normalized spacial score (nSPS) is 33.6. The summed E-state index contributed by atoms with van der Waals surface area (Å²) in [7, 11) is 0. The number of ether oxygens (including phenoxy) is 1. The second-order valence-electron chi connectivity index (χ2n) is 6.38. The maximum absolute atomic E-state index is 12.3. The van der Waals surface area contributed by atoms with Gasteiger partial charge in [0.15, 0.2) is 0 Å². The lowest BCUT2D eigenvalue weighted by Crippen LogP contribution is -2.64. The fraction of sp³-hybridized carbons (Fsp3) is 0.688. The van der Waals surface area contributed by atoms with Crippen LogP contribution < -0.4 is 0 Å². The third kappa shape index (κ3) is 2.33. The first kappa shape index (κ1) is 16.0. The number of nitriles is 1. The lowest BCUT2D eigenvalue weighted by Gasteiger charge is -2.47. The Hall–Kier alpha value is -1.91. The number of hydrogen-bond acceptors (Lipinski definition) is 5. The summed E-state index contributed by atoms with van der Waals surface area (Å²) in [5, 5.41) is 28.1. The molecule has 0 aromatic rings. The molecule has 0 radical (unpaired) electrons. The van der Waals surface area contributed by atoms with Crippen molar-refractivity contribution in [3.63, 3.8) is 0 Å². The van der Waals surface area contributed by atoms with Crippen molar-refractivity contribution in [2.45, 2.75) is 50.9 Å². The van der Waals surface area contributed by atoms with Crippen LogP contribution in [0.15, 0.2) is 11.3 Å². The van der Waals surface area contributed by atoms with Gasteiger partial charge >= 0.3 is 5.97 Å². The number of carboxylic acids is 1. The van der Waals surface area contributed by atoms with Gasteiger partial charge in [-0.2, -0.15) is 5.26 Å². The fourth-order valence-corrected chi connectivity index (χ4v) is 4.25. The van der Waals surface area contributed by atoms with Gasteiger partial charge in [0.2, 0.25) is 5.91 Å². The predicted molar refractivity (Wildman–Crippen MR) is 77.8 cm³/mol. The molecule has 0 aromatic heterocycles. The Morgan fingerprint density at radius 3 is 2.87 bits per heavy atom. The summed E-state index contributed by atoms with van der Waals surface area (Å²) in [6, 6.07) is 1.73. The Morgan fingerprint density at radius 2 is 2.26 bits per heavy atom. The van der Waals surface area contributed by atoms with Crippen molar-refractivity contribution < 1.29 is 24.5 Å². The number of nitrogens with zero attached hydrogens (tertiary/aromatic N) is 2. The zero-order valence-electron chi connectivity index (χ0n) is 12.9. The maximum atomic E-state index is 12.3. The summed E-state index contributed by atoms with van der Waals surface area (Å²) >= 11 is 0. The van der Waals surface area contributed by atoms with Crippen LogP contribution in [0.1, 0.15) is 32.6 Å². The Morgan fingerprint density at radius 1 is 1.52 bits per heavy atom. The van der Waals surface area contributed by atoms with Crippen LogP contribution in [0.25, 0.3) is 0 Å². The molecule has 1 saturated carbocycles. The third-order valence-electron chi connectivity index (χ3n) is 5.10. The molecule has 7 nitrogen and oxygen atoms in total. The zero-order chi connectivity index (χ0) is 16.7. The SMILES string of the molecule is C[C@@H](O)[C@H]1C(=O)N2C(C(=O)O)=C3[C@@H](OCCC#N)CCC[C@@H]3[C@H]12. The van der Waals surface area contributed by atoms with Crippen molar-refractivity contribution in [2.24, 2.45) is 11.8 Å². The number of amides is 1. The van der Waals surface area contributed by atoms with Gasteiger partial charge in [-0.1, -0.05) is 0 Å². The van der Waals surface area contributed by atoms with Gasteiger partial charge < -0.3 is 19.8 Å². The molecule has 23 heavy (non-hydrogen) atoms. The minimum absolute atomic E-state index is 0.0311. The number of aliphatic carboxylic acids is 1.